The Labute approximate surface area is 159 Å². The molecule has 0 saturated heterocycles. The number of anilines is 1. The van der Waals surface area contributed by atoms with Gasteiger partial charge in [0.05, 0.1) is 24.8 Å². The third-order valence-electron chi connectivity index (χ3n) is 3.89. The van der Waals surface area contributed by atoms with E-state index >= 15 is 0 Å². The first-order valence-electron chi connectivity index (χ1n) is 8.15. The SMILES string of the molecule is COC(=O)c1ccc(NC(=O)Cc2csc(-c3cccc(F)c3)n2)c(C)c1. The number of hydrogen-bond donors (Lipinski definition) is 1. The van der Waals surface area contributed by atoms with Gasteiger partial charge >= 0.3 is 5.97 Å². The monoisotopic (exact) mass is 384 g/mol. The van der Waals surface area contributed by atoms with Gasteiger partial charge in [0.2, 0.25) is 5.91 Å². The fourth-order valence-corrected chi connectivity index (χ4v) is 3.37. The van der Waals surface area contributed by atoms with Crippen molar-refractivity contribution in [2.24, 2.45) is 0 Å². The molecule has 0 aliphatic carbocycles. The third-order valence-corrected chi connectivity index (χ3v) is 4.83. The summed E-state index contributed by atoms with van der Waals surface area (Å²) in [5.74, 6) is -0.976. The summed E-state index contributed by atoms with van der Waals surface area (Å²) in [7, 11) is 1.32. The minimum atomic E-state index is -0.427. The number of aromatic nitrogens is 1. The minimum absolute atomic E-state index is 0.101. The second-order valence-corrected chi connectivity index (χ2v) is 6.76. The Kier molecular flexibility index (Phi) is 5.61. The van der Waals surface area contributed by atoms with Crippen LogP contribution in [0.3, 0.4) is 0 Å². The number of nitrogens with zero attached hydrogens (tertiary/aromatic N) is 1. The van der Waals surface area contributed by atoms with Crippen molar-refractivity contribution in [1.82, 2.24) is 4.98 Å². The summed E-state index contributed by atoms with van der Waals surface area (Å²) in [6, 6.07) is 11.1. The van der Waals surface area contributed by atoms with E-state index in [0.29, 0.717) is 27.5 Å². The maximum atomic E-state index is 13.3. The Hall–Kier alpha value is -3.06. The largest absolute Gasteiger partial charge is 0.465 e. The summed E-state index contributed by atoms with van der Waals surface area (Å²) in [6.45, 7) is 1.80. The topological polar surface area (TPSA) is 68.3 Å². The molecule has 3 aromatic rings. The number of benzene rings is 2. The number of nitrogens with one attached hydrogen (secondary N) is 1. The number of methoxy groups -OCH3 is 1. The molecule has 5 nitrogen and oxygen atoms in total. The summed E-state index contributed by atoms with van der Waals surface area (Å²) >= 11 is 1.36. The van der Waals surface area contributed by atoms with Crippen LogP contribution in [0.4, 0.5) is 10.1 Å². The van der Waals surface area contributed by atoms with Gasteiger partial charge in [0.15, 0.2) is 0 Å². The van der Waals surface area contributed by atoms with Crippen LogP contribution < -0.4 is 5.32 Å². The lowest BCUT2D eigenvalue weighted by Gasteiger charge is -2.09. The number of aryl methyl sites for hydroxylation is 1. The van der Waals surface area contributed by atoms with E-state index in [1.165, 1.54) is 30.6 Å². The molecule has 0 bridgehead atoms. The third kappa shape index (κ3) is 4.57. The number of thiazole rings is 1. The van der Waals surface area contributed by atoms with E-state index in [2.05, 4.69) is 15.0 Å². The predicted octanol–water partition coefficient (Wildman–Crippen LogP) is 4.23. The molecule has 3 rings (SSSR count). The molecular formula is C20H17FN2O3S. The van der Waals surface area contributed by atoms with Crippen LogP contribution in [-0.2, 0) is 16.0 Å². The fourth-order valence-electron chi connectivity index (χ4n) is 2.55. The average Bonchev–Trinajstić information content (AvgIpc) is 3.11. The second kappa shape index (κ2) is 8.09. The molecule has 0 fully saturated rings. The van der Waals surface area contributed by atoms with Crippen LogP contribution in [0.2, 0.25) is 0 Å². The van der Waals surface area contributed by atoms with Crippen molar-refractivity contribution >= 4 is 28.9 Å². The number of esters is 1. The van der Waals surface area contributed by atoms with Crippen molar-refractivity contribution in [1.29, 1.82) is 0 Å². The first-order chi connectivity index (χ1) is 13.0. The minimum Gasteiger partial charge on any atom is -0.465 e. The van der Waals surface area contributed by atoms with Gasteiger partial charge in [-0.25, -0.2) is 14.2 Å². The molecule has 1 aromatic heterocycles. The highest BCUT2D eigenvalue weighted by molar-refractivity contribution is 7.13. The van der Waals surface area contributed by atoms with E-state index in [0.717, 1.165) is 5.56 Å². The molecule has 138 valence electrons. The van der Waals surface area contributed by atoms with Gasteiger partial charge in [0, 0.05) is 16.6 Å². The molecule has 0 atom stereocenters. The molecule has 0 radical (unpaired) electrons. The van der Waals surface area contributed by atoms with Gasteiger partial charge in [-0.15, -0.1) is 11.3 Å². The quantitative estimate of drug-likeness (QED) is 0.669. The number of carbonyl (C=O) groups is 2. The number of halogens is 1. The Morgan fingerprint density at radius 3 is 2.74 bits per heavy atom. The van der Waals surface area contributed by atoms with Crippen LogP contribution >= 0.6 is 11.3 Å². The summed E-state index contributed by atoms with van der Waals surface area (Å²) in [6.07, 6.45) is 0.101. The number of ether oxygens (including phenoxy) is 1. The first-order valence-corrected chi connectivity index (χ1v) is 9.03. The van der Waals surface area contributed by atoms with Crippen molar-refractivity contribution in [3.8, 4) is 10.6 Å². The zero-order valence-electron chi connectivity index (χ0n) is 14.8. The van der Waals surface area contributed by atoms with Crippen molar-refractivity contribution in [3.05, 3.63) is 70.5 Å². The maximum Gasteiger partial charge on any atom is 0.337 e. The second-order valence-electron chi connectivity index (χ2n) is 5.90. The Morgan fingerprint density at radius 2 is 2.04 bits per heavy atom. The molecule has 2 aromatic carbocycles. The highest BCUT2D eigenvalue weighted by atomic mass is 32.1. The lowest BCUT2D eigenvalue weighted by Crippen LogP contribution is -2.15. The van der Waals surface area contributed by atoms with Crippen molar-refractivity contribution in [2.75, 3.05) is 12.4 Å². The normalized spacial score (nSPS) is 10.5. The van der Waals surface area contributed by atoms with Crippen molar-refractivity contribution < 1.29 is 18.7 Å². The lowest BCUT2D eigenvalue weighted by atomic mass is 10.1. The average molecular weight is 384 g/mol. The molecule has 0 aliphatic rings. The maximum absolute atomic E-state index is 13.3. The first kappa shape index (κ1) is 18.7. The van der Waals surface area contributed by atoms with Gasteiger partial charge in [-0.2, -0.15) is 0 Å². The standard InChI is InChI=1S/C20H17FN2O3S/c1-12-8-14(20(25)26-2)6-7-17(12)23-18(24)10-16-11-27-19(22-16)13-4-3-5-15(21)9-13/h3-9,11H,10H2,1-2H3,(H,23,24). The van der Waals surface area contributed by atoms with Gasteiger partial charge in [0.1, 0.15) is 10.8 Å². The number of hydrogen-bond acceptors (Lipinski definition) is 5. The van der Waals surface area contributed by atoms with E-state index in [1.54, 1.807) is 42.6 Å². The van der Waals surface area contributed by atoms with Crippen molar-refractivity contribution in [2.45, 2.75) is 13.3 Å². The summed E-state index contributed by atoms with van der Waals surface area (Å²) in [5.41, 5.74) is 3.09. The zero-order chi connectivity index (χ0) is 19.4. The van der Waals surface area contributed by atoms with Crippen LogP contribution in [0.1, 0.15) is 21.6 Å². The highest BCUT2D eigenvalue weighted by Gasteiger charge is 2.12. The predicted molar refractivity (Wildman–Crippen MR) is 102 cm³/mol. The number of rotatable bonds is 5. The van der Waals surface area contributed by atoms with Gasteiger partial charge in [0.25, 0.3) is 0 Å². The lowest BCUT2D eigenvalue weighted by molar-refractivity contribution is -0.115. The van der Waals surface area contributed by atoms with E-state index in [9.17, 15) is 14.0 Å². The Bertz CT molecular complexity index is 1000. The van der Waals surface area contributed by atoms with Crippen LogP contribution in [-0.4, -0.2) is 24.0 Å². The molecule has 1 heterocycles. The molecule has 0 spiro atoms. The zero-order valence-corrected chi connectivity index (χ0v) is 15.6. The highest BCUT2D eigenvalue weighted by Crippen LogP contribution is 2.25. The van der Waals surface area contributed by atoms with E-state index in [-0.39, 0.29) is 18.1 Å². The molecule has 1 N–H and O–H groups in total. The fraction of sp³-hybridized carbons (Fsp3) is 0.150. The van der Waals surface area contributed by atoms with Gasteiger partial charge in [-0.3, -0.25) is 4.79 Å². The molecule has 7 heteroatoms. The van der Waals surface area contributed by atoms with Gasteiger partial charge < -0.3 is 10.1 Å². The van der Waals surface area contributed by atoms with Crippen LogP contribution in [0.25, 0.3) is 10.6 Å². The summed E-state index contributed by atoms with van der Waals surface area (Å²) < 4.78 is 18.0. The van der Waals surface area contributed by atoms with Crippen molar-refractivity contribution in [3.63, 3.8) is 0 Å². The number of carbonyl (C=O) groups excluding carboxylic acids is 2. The van der Waals surface area contributed by atoms with Crippen LogP contribution in [0, 0.1) is 12.7 Å². The molecule has 27 heavy (non-hydrogen) atoms. The van der Waals surface area contributed by atoms with E-state index < -0.39 is 5.97 Å². The van der Waals surface area contributed by atoms with Gasteiger partial charge in [-0.05, 0) is 42.8 Å². The van der Waals surface area contributed by atoms with Gasteiger partial charge in [-0.1, -0.05) is 12.1 Å². The molecule has 1 amide bonds. The summed E-state index contributed by atoms with van der Waals surface area (Å²) in [5, 5.41) is 5.26. The molecular weight excluding hydrogens is 367 g/mol. The molecule has 0 aliphatic heterocycles. The van der Waals surface area contributed by atoms with E-state index in [4.69, 9.17) is 0 Å². The Morgan fingerprint density at radius 1 is 1.22 bits per heavy atom. The number of amides is 1. The van der Waals surface area contributed by atoms with E-state index in [1.807, 2.05) is 0 Å². The van der Waals surface area contributed by atoms with Crippen LogP contribution in [0.15, 0.2) is 47.8 Å². The summed E-state index contributed by atoms with van der Waals surface area (Å²) in [4.78, 5) is 28.3. The smallest absolute Gasteiger partial charge is 0.337 e. The molecule has 0 unspecified atom stereocenters. The Balaban J connectivity index is 1.67. The van der Waals surface area contributed by atoms with Crippen LogP contribution in [0.5, 0.6) is 0 Å². The molecule has 0 saturated carbocycles.